The van der Waals surface area contributed by atoms with Crippen molar-refractivity contribution in [1.82, 2.24) is 4.72 Å². The second-order valence-electron chi connectivity index (χ2n) is 2.42. The largest absolute Gasteiger partial charge is 0.468 e. The van der Waals surface area contributed by atoms with Gasteiger partial charge < -0.3 is 4.42 Å². The number of rotatable bonds is 1. The third-order valence-electron chi connectivity index (χ3n) is 1.56. The molecule has 1 fully saturated rings. The summed E-state index contributed by atoms with van der Waals surface area (Å²) in [6.45, 7) is 0.0931. The lowest BCUT2D eigenvalue weighted by atomic mass is 10.2. The fourth-order valence-corrected chi connectivity index (χ4v) is 1.95. The zero-order valence-electron chi connectivity index (χ0n) is 6.06. The highest BCUT2D eigenvalue weighted by Crippen LogP contribution is 2.20. The maximum Gasteiger partial charge on any atom is 0.336 e. The molecule has 0 saturated carbocycles. The minimum absolute atomic E-state index is 0.0931. The summed E-state index contributed by atoms with van der Waals surface area (Å²) in [5, 5.41) is 0. The van der Waals surface area contributed by atoms with Crippen LogP contribution in [0.2, 0.25) is 0 Å². The Bertz CT molecular complexity index is 355. The van der Waals surface area contributed by atoms with Crippen molar-refractivity contribution in [2.24, 2.45) is 0 Å². The van der Waals surface area contributed by atoms with E-state index in [0.29, 0.717) is 5.76 Å². The predicted octanol–water partition coefficient (Wildman–Crippen LogP) is 0.185. The Kier molecular flexibility index (Phi) is 1.67. The van der Waals surface area contributed by atoms with Gasteiger partial charge in [0, 0.05) is 0 Å². The highest BCUT2D eigenvalue weighted by molar-refractivity contribution is 7.84. The Balaban J connectivity index is 2.21. The van der Waals surface area contributed by atoms with Crippen LogP contribution in [0.1, 0.15) is 11.8 Å². The Hall–Kier alpha value is -0.850. The molecule has 1 N–H and O–H groups in total. The minimum Gasteiger partial charge on any atom is -0.468 e. The third kappa shape index (κ3) is 1.36. The van der Waals surface area contributed by atoms with Gasteiger partial charge in [0.15, 0.2) is 0 Å². The van der Waals surface area contributed by atoms with Gasteiger partial charge in [-0.2, -0.15) is 13.1 Å². The molecule has 2 rings (SSSR count). The number of furan rings is 1. The highest BCUT2D eigenvalue weighted by Gasteiger charge is 2.30. The summed E-state index contributed by atoms with van der Waals surface area (Å²) in [5.41, 5.74) is 0. The van der Waals surface area contributed by atoms with Gasteiger partial charge in [-0.25, -0.2) is 0 Å². The average Bonchev–Trinajstić information content (AvgIpc) is 2.55. The van der Waals surface area contributed by atoms with E-state index in [-0.39, 0.29) is 12.6 Å². The van der Waals surface area contributed by atoms with Crippen LogP contribution in [0.5, 0.6) is 0 Å². The molecular weight excluding hydrogens is 182 g/mol. The van der Waals surface area contributed by atoms with E-state index in [0.717, 1.165) is 0 Å². The van der Waals surface area contributed by atoms with E-state index in [1.807, 2.05) is 0 Å². The van der Waals surface area contributed by atoms with E-state index >= 15 is 0 Å². The van der Waals surface area contributed by atoms with Gasteiger partial charge in [-0.1, -0.05) is 0 Å². The van der Waals surface area contributed by atoms with Crippen LogP contribution in [-0.4, -0.2) is 15.0 Å². The Labute approximate surface area is 69.6 Å². The molecule has 5 nitrogen and oxygen atoms in total. The molecule has 0 unspecified atom stereocenters. The molecule has 0 amide bonds. The second-order valence-corrected chi connectivity index (χ2v) is 3.80. The van der Waals surface area contributed by atoms with Gasteiger partial charge in [0.25, 0.3) is 0 Å². The lowest BCUT2D eigenvalue weighted by Gasteiger charge is -1.99. The molecule has 6 heteroatoms. The molecule has 12 heavy (non-hydrogen) atoms. The monoisotopic (exact) mass is 189 g/mol. The van der Waals surface area contributed by atoms with E-state index in [9.17, 15) is 8.42 Å². The Morgan fingerprint density at radius 2 is 2.42 bits per heavy atom. The zero-order chi connectivity index (χ0) is 8.60. The highest BCUT2D eigenvalue weighted by atomic mass is 32.2. The summed E-state index contributed by atoms with van der Waals surface area (Å²) in [4.78, 5) is 0. The Morgan fingerprint density at radius 1 is 1.58 bits per heavy atom. The van der Waals surface area contributed by atoms with Gasteiger partial charge in [-0.15, -0.1) is 0 Å². The molecule has 1 aliphatic heterocycles. The molecule has 1 atom stereocenters. The fraction of sp³-hybridized carbons (Fsp3) is 0.333. The normalized spacial score (nSPS) is 27.5. The molecule has 0 radical (unpaired) electrons. The van der Waals surface area contributed by atoms with E-state index in [1.165, 1.54) is 6.26 Å². The first-order valence-electron chi connectivity index (χ1n) is 3.37. The Morgan fingerprint density at radius 3 is 2.92 bits per heavy atom. The van der Waals surface area contributed by atoms with Crippen molar-refractivity contribution in [2.75, 3.05) is 6.61 Å². The van der Waals surface area contributed by atoms with E-state index in [2.05, 4.69) is 8.91 Å². The zero-order valence-corrected chi connectivity index (χ0v) is 6.87. The van der Waals surface area contributed by atoms with Crippen molar-refractivity contribution in [3.8, 4) is 0 Å². The SMILES string of the molecule is O=S1(=O)N[C@H](c2ccco2)CO1. The topological polar surface area (TPSA) is 68.5 Å². The molecule has 0 aromatic carbocycles. The maximum absolute atomic E-state index is 10.8. The first-order valence-corrected chi connectivity index (χ1v) is 4.78. The number of hydrogen-bond acceptors (Lipinski definition) is 4. The minimum atomic E-state index is -3.53. The van der Waals surface area contributed by atoms with Crippen LogP contribution in [0.15, 0.2) is 22.8 Å². The third-order valence-corrected chi connectivity index (χ3v) is 2.58. The van der Waals surface area contributed by atoms with Crippen LogP contribution in [0.3, 0.4) is 0 Å². The summed E-state index contributed by atoms with van der Waals surface area (Å²) >= 11 is 0. The average molecular weight is 189 g/mol. The summed E-state index contributed by atoms with van der Waals surface area (Å²) in [5.74, 6) is 0.566. The van der Waals surface area contributed by atoms with Crippen molar-refractivity contribution in [3.05, 3.63) is 24.2 Å². The van der Waals surface area contributed by atoms with Gasteiger partial charge in [-0.3, -0.25) is 4.18 Å². The van der Waals surface area contributed by atoms with Crippen LogP contribution in [-0.2, 0) is 14.5 Å². The molecule has 2 heterocycles. The van der Waals surface area contributed by atoms with Gasteiger partial charge in [0.1, 0.15) is 11.8 Å². The first-order chi connectivity index (χ1) is 5.67. The molecule has 0 spiro atoms. The van der Waals surface area contributed by atoms with Crippen molar-refractivity contribution in [3.63, 3.8) is 0 Å². The van der Waals surface area contributed by atoms with Crippen LogP contribution in [0, 0.1) is 0 Å². The van der Waals surface area contributed by atoms with Crippen LogP contribution >= 0.6 is 0 Å². The van der Waals surface area contributed by atoms with Crippen LogP contribution in [0.25, 0.3) is 0 Å². The molecule has 0 aliphatic carbocycles. The van der Waals surface area contributed by atoms with E-state index in [4.69, 9.17) is 4.42 Å². The molecule has 1 aliphatic rings. The second kappa shape index (κ2) is 2.58. The van der Waals surface area contributed by atoms with Crippen molar-refractivity contribution >= 4 is 10.3 Å². The number of nitrogens with one attached hydrogen (secondary N) is 1. The van der Waals surface area contributed by atoms with Crippen molar-refractivity contribution < 1.29 is 17.0 Å². The first kappa shape index (κ1) is 7.78. The maximum atomic E-state index is 10.8. The van der Waals surface area contributed by atoms with Crippen molar-refractivity contribution in [1.29, 1.82) is 0 Å². The standard InChI is InChI=1S/C6H7NO4S/c8-12(9)7-5(4-11-12)6-2-1-3-10-6/h1-3,5,7H,4H2/t5-/m0/s1. The molecule has 0 bridgehead atoms. The van der Waals surface area contributed by atoms with E-state index in [1.54, 1.807) is 12.1 Å². The summed E-state index contributed by atoms with van der Waals surface area (Å²) in [6, 6.07) is 3.01. The molecule has 1 aromatic heterocycles. The van der Waals surface area contributed by atoms with Gasteiger partial charge in [-0.05, 0) is 12.1 Å². The molecular formula is C6H7NO4S. The molecule has 66 valence electrons. The van der Waals surface area contributed by atoms with Gasteiger partial charge in [0.05, 0.1) is 12.9 Å². The van der Waals surface area contributed by atoms with Crippen LogP contribution in [0.4, 0.5) is 0 Å². The molecule has 1 saturated heterocycles. The molecule has 1 aromatic rings. The smallest absolute Gasteiger partial charge is 0.336 e. The quantitative estimate of drug-likeness (QED) is 0.684. The van der Waals surface area contributed by atoms with Gasteiger partial charge in [0.2, 0.25) is 0 Å². The van der Waals surface area contributed by atoms with E-state index < -0.39 is 10.3 Å². The number of hydrogen-bond donors (Lipinski definition) is 1. The summed E-state index contributed by atoms with van der Waals surface area (Å²) in [7, 11) is -3.53. The summed E-state index contributed by atoms with van der Waals surface area (Å²) < 4.78 is 33.3. The lowest BCUT2D eigenvalue weighted by Crippen LogP contribution is -2.19. The van der Waals surface area contributed by atoms with Crippen LogP contribution < -0.4 is 4.72 Å². The lowest BCUT2D eigenvalue weighted by molar-refractivity contribution is 0.321. The van der Waals surface area contributed by atoms with Crippen molar-refractivity contribution in [2.45, 2.75) is 6.04 Å². The fourth-order valence-electron chi connectivity index (χ4n) is 1.03. The predicted molar refractivity (Wildman–Crippen MR) is 39.5 cm³/mol. The summed E-state index contributed by atoms with van der Waals surface area (Å²) in [6.07, 6.45) is 1.49. The van der Waals surface area contributed by atoms with Gasteiger partial charge >= 0.3 is 10.3 Å².